The van der Waals surface area contributed by atoms with Gasteiger partial charge in [0, 0.05) is 12.3 Å². The van der Waals surface area contributed by atoms with Crippen molar-refractivity contribution in [2.24, 2.45) is 10.4 Å². The molecule has 0 radical (unpaired) electrons. The first-order chi connectivity index (χ1) is 7.29. The third kappa shape index (κ3) is 3.38. The van der Waals surface area contributed by atoms with Crippen molar-refractivity contribution in [3.8, 4) is 5.75 Å². The average molecular weight is 221 g/mol. The Balaban J connectivity index is 2.99. The second-order valence-electron chi connectivity index (χ2n) is 4.63. The first kappa shape index (κ1) is 12.2. The second-order valence-corrected chi connectivity index (χ2v) is 4.63. The molecule has 0 saturated carbocycles. The molecule has 1 aromatic carbocycles. The molecule has 0 aliphatic heterocycles. The highest BCUT2D eigenvalue weighted by Crippen LogP contribution is 2.24. The van der Waals surface area contributed by atoms with Crippen molar-refractivity contribution in [3.05, 3.63) is 23.8 Å². The van der Waals surface area contributed by atoms with Crippen molar-refractivity contribution in [3.63, 3.8) is 0 Å². The van der Waals surface area contributed by atoms with E-state index in [9.17, 15) is 9.90 Å². The number of rotatable bonds is 2. The summed E-state index contributed by atoms with van der Waals surface area (Å²) in [6, 6.07) is 4.24. The number of carboxylic acid groups (broad SMARTS) is 1. The van der Waals surface area contributed by atoms with Crippen LogP contribution in [0.15, 0.2) is 23.2 Å². The largest absolute Gasteiger partial charge is 0.507 e. The van der Waals surface area contributed by atoms with E-state index in [4.69, 9.17) is 5.11 Å². The van der Waals surface area contributed by atoms with E-state index in [1.807, 2.05) is 20.8 Å². The molecule has 0 unspecified atom stereocenters. The fourth-order valence-electron chi connectivity index (χ4n) is 1.05. The molecular formula is C12H15NO3. The van der Waals surface area contributed by atoms with Crippen LogP contribution in [0.3, 0.4) is 0 Å². The van der Waals surface area contributed by atoms with Crippen LogP contribution in [0.4, 0.5) is 5.69 Å². The number of carboxylic acids is 1. The van der Waals surface area contributed by atoms with Gasteiger partial charge in [-0.05, 0) is 17.5 Å². The van der Waals surface area contributed by atoms with E-state index >= 15 is 0 Å². The maximum absolute atomic E-state index is 10.7. The van der Waals surface area contributed by atoms with Gasteiger partial charge in [-0.2, -0.15) is 0 Å². The summed E-state index contributed by atoms with van der Waals surface area (Å²) < 4.78 is 0. The topological polar surface area (TPSA) is 69.9 Å². The van der Waals surface area contributed by atoms with Gasteiger partial charge in [0.15, 0.2) is 0 Å². The summed E-state index contributed by atoms with van der Waals surface area (Å²) in [5.41, 5.74) is 0.369. The summed E-state index contributed by atoms with van der Waals surface area (Å²) in [6.45, 7) is 6.01. The van der Waals surface area contributed by atoms with Crippen LogP contribution >= 0.6 is 0 Å². The summed E-state index contributed by atoms with van der Waals surface area (Å²) >= 11 is 0. The molecule has 2 N–H and O–H groups in total. The van der Waals surface area contributed by atoms with Crippen LogP contribution in [-0.2, 0) is 0 Å². The molecule has 0 spiro atoms. The zero-order valence-corrected chi connectivity index (χ0v) is 9.56. The van der Waals surface area contributed by atoms with Crippen LogP contribution in [0.25, 0.3) is 0 Å². The lowest BCUT2D eigenvalue weighted by atomic mass is 9.99. The van der Waals surface area contributed by atoms with Crippen molar-refractivity contribution >= 4 is 17.9 Å². The number of hydrogen-bond acceptors (Lipinski definition) is 3. The highest BCUT2D eigenvalue weighted by molar-refractivity contribution is 5.91. The Hall–Kier alpha value is -1.84. The number of hydrogen-bond donors (Lipinski definition) is 2. The molecule has 0 bridgehead atoms. The van der Waals surface area contributed by atoms with E-state index in [1.165, 1.54) is 12.1 Å². The minimum absolute atomic E-state index is 0.0545. The van der Waals surface area contributed by atoms with Crippen LogP contribution < -0.4 is 0 Å². The first-order valence-electron chi connectivity index (χ1n) is 4.91. The van der Waals surface area contributed by atoms with Gasteiger partial charge in [-0.3, -0.25) is 4.99 Å². The summed E-state index contributed by atoms with van der Waals surface area (Å²) in [7, 11) is 0. The Labute approximate surface area is 94.3 Å². The summed E-state index contributed by atoms with van der Waals surface area (Å²) in [5, 5.41) is 18.2. The Morgan fingerprint density at radius 1 is 1.38 bits per heavy atom. The smallest absolute Gasteiger partial charge is 0.339 e. The van der Waals surface area contributed by atoms with Gasteiger partial charge >= 0.3 is 5.97 Å². The SMILES string of the molecule is CC(C)(C)C=Nc1ccc(C(=O)O)c(O)c1. The molecule has 1 aromatic rings. The number of nitrogens with zero attached hydrogens (tertiary/aromatic N) is 1. The molecule has 0 aromatic heterocycles. The second kappa shape index (κ2) is 4.35. The monoisotopic (exact) mass is 221 g/mol. The van der Waals surface area contributed by atoms with Gasteiger partial charge in [0.05, 0.1) is 5.69 Å². The third-order valence-electron chi connectivity index (χ3n) is 1.81. The van der Waals surface area contributed by atoms with E-state index in [1.54, 1.807) is 12.3 Å². The van der Waals surface area contributed by atoms with Crippen LogP contribution in [0.1, 0.15) is 31.1 Å². The van der Waals surface area contributed by atoms with E-state index in [-0.39, 0.29) is 16.7 Å². The minimum atomic E-state index is -1.15. The van der Waals surface area contributed by atoms with E-state index in [0.29, 0.717) is 5.69 Å². The Bertz CT molecular complexity index is 430. The quantitative estimate of drug-likeness (QED) is 0.754. The fourth-order valence-corrected chi connectivity index (χ4v) is 1.05. The number of benzene rings is 1. The fraction of sp³-hybridized carbons (Fsp3) is 0.333. The molecule has 4 nitrogen and oxygen atoms in total. The predicted molar refractivity (Wildman–Crippen MR) is 62.7 cm³/mol. The van der Waals surface area contributed by atoms with Crippen LogP contribution in [0.5, 0.6) is 5.75 Å². The van der Waals surface area contributed by atoms with Crippen LogP contribution in [-0.4, -0.2) is 22.4 Å². The molecule has 0 aliphatic rings. The van der Waals surface area contributed by atoms with Crippen LogP contribution in [0, 0.1) is 5.41 Å². The number of aliphatic imine (C=N–C) groups is 1. The number of aromatic hydroxyl groups is 1. The normalized spacial score (nSPS) is 11.9. The Kier molecular flexibility index (Phi) is 3.32. The van der Waals surface area contributed by atoms with E-state index in [2.05, 4.69) is 4.99 Å². The summed E-state index contributed by atoms with van der Waals surface area (Å²) in [5.74, 6) is -1.42. The highest BCUT2D eigenvalue weighted by Gasteiger charge is 2.10. The highest BCUT2D eigenvalue weighted by atomic mass is 16.4. The van der Waals surface area contributed by atoms with Crippen molar-refractivity contribution in [2.75, 3.05) is 0 Å². The number of carbonyl (C=O) groups is 1. The number of aromatic carboxylic acids is 1. The molecule has 0 amide bonds. The number of phenols is 1. The van der Waals surface area contributed by atoms with Gasteiger partial charge in [0.2, 0.25) is 0 Å². The van der Waals surface area contributed by atoms with Gasteiger partial charge in [0.1, 0.15) is 11.3 Å². The van der Waals surface area contributed by atoms with Gasteiger partial charge in [-0.1, -0.05) is 20.8 Å². The van der Waals surface area contributed by atoms with Gasteiger partial charge in [-0.25, -0.2) is 4.79 Å². The van der Waals surface area contributed by atoms with Gasteiger partial charge in [-0.15, -0.1) is 0 Å². The zero-order chi connectivity index (χ0) is 12.3. The molecule has 86 valence electrons. The predicted octanol–water partition coefficient (Wildman–Crippen LogP) is 2.84. The van der Waals surface area contributed by atoms with Crippen LogP contribution in [0.2, 0.25) is 0 Å². The maximum atomic E-state index is 10.7. The van der Waals surface area contributed by atoms with E-state index < -0.39 is 5.97 Å². The van der Waals surface area contributed by atoms with Gasteiger partial charge in [0.25, 0.3) is 0 Å². The Morgan fingerprint density at radius 2 is 2.00 bits per heavy atom. The van der Waals surface area contributed by atoms with E-state index in [0.717, 1.165) is 0 Å². The molecule has 4 heteroatoms. The summed E-state index contributed by atoms with van der Waals surface area (Å²) in [6.07, 6.45) is 1.75. The molecule has 1 rings (SSSR count). The maximum Gasteiger partial charge on any atom is 0.339 e. The molecule has 0 saturated heterocycles. The lowest BCUT2D eigenvalue weighted by Crippen LogP contribution is -2.05. The Morgan fingerprint density at radius 3 is 2.44 bits per heavy atom. The molecule has 0 fully saturated rings. The molecule has 0 atom stereocenters. The lowest BCUT2D eigenvalue weighted by molar-refractivity contribution is 0.0694. The minimum Gasteiger partial charge on any atom is -0.507 e. The van der Waals surface area contributed by atoms with Crippen molar-refractivity contribution in [1.82, 2.24) is 0 Å². The van der Waals surface area contributed by atoms with Crippen molar-refractivity contribution < 1.29 is 15.0 Å². The lowest BCUT2D eigenvalue weighted by Gasteiger charge is -2.09. The van der Waals surface area contributed by atoms with Crippen molar-refractivity contribution in [2.45, 2.75) is 20.8 Å². The first-order valence-corrected chi connectivity index (χ1v) is 4.91. The molecule has 0 heterocycles. The molecular weight excluding hydrogens is 206 g/mol. The molecule has 16 heavy (non-hydrogen) atoms. The summed E-state index contributed by atoms with van der Waals surface area (Å²) in [4.78, 5) is 14.8. The molecule has 0 aliphatic carbocycles. The third-order valence-corrected chi connectivity index (χ3v) is 1.81. The van der Waals surface area contributed by atoms with Gasteiger partial charge < -0.3 is 10.2 Å². The standard InChI is InChI=1S/C12H15NO3/c1-12(2,3)7-13-8-4-5-9(11(15)16)10(14)6-8/h4-7,14H,1-3H3,(H,15,16). The average Bonchev–Trinajstić information content (AvgIpc) is 2.13. The van der Waals surface area contributed by atoms with Crippen molar-refractivity contribution in [1.29, 1.82) is 0 Å². The zero-order valence-electron chi connectivity index (χ0n) is 9.56.